The van der Waals surface area contributed by atoms with E-state index >= 15 is 0 Å². The molecule has 4 aromatic rings. The van der Waals surface area contributed by atoms with Gasteiger partial charge in [0.05, 0.1) is 34.4 Å². The highest BCUT2D eigenvalue weighted by Gasteiger charge is 2.41. The number of dihydropyridines is 1. The Balaban J connectivity index is 1.48. The van der Waals surface area contributed by atoms with Gasteiger partial charge in [-0.1, -0.05) is 35.9 Å². The van der Waals surface area contributed by atoms with Crippen molar-refractivity contribution in [1.82, 2.24) is 35.6 Å². The number of amides is 1. The first-order valence-electron chi connectivity index (χ1n) is 9.72. The number of halogens is 4. The van der Waals surface area contributed by atoms with Crippen molar-refractivity contribution in [2.75, 3.05) is 0 Å². The fourth-order valence-electron chi connectivity index (χ4n) is 3.53. The third kappa shape index (κ3) is 3.88. The standard InChI is InChI=1S/C21H13ClF3N7O2/c22-15-5-12(7-27-17(15)20-31-28-10-34-20)30-19(33)14-8-29-32(18(14)21(23,24)25)16-9-26-6-11-3-1-2-4-13(11)16/h1-10,17,27H,(H,30,33). The predicted molar refractivity (Wildman–Crippen MR) is 114 cm³/mol. The summed E-state index contributed by atoms with van der Waals surface area (Å²) in [6.45, 7) is 0. The second kappa shape index (κ2) is 8.30. The average molecular weight is 488 g/mol. The lowest BCUT2D eigenvalue weighted by atomic mass is 10.1. The molecule has 1 amide bonds. The van der Waals surface area contributed by atoms with Gasteiger partial charge in [0.1, 0.15) is 6.04 Å². The second-order valence-corrected chi connectivity index (χ2v) is 7.59. The minimum absolute atomic E-state index is 0.0911. The monoisotopic (exact) mass is 487 g/mol. The molecule has 1 atom stereocenters. The van der Waals surface area contributed by atoms with Crippen molar-refractivity contribution < 1.29 is 22.4 Å². The molecule has 1 unspecified atom stereocenters. The number of fused-ring (bicyclic) bond motifs is 1. The van der Waals surface area contributed by atoms with Crippen molar-refractivity contribution in [1.29, 1.82) is 0 Å². The molecule has 0 bridgehead atoms. The molecule has 4 heterocycles. The van der Waals surface area contributed by atoms with E-state index in [1.807, 2.05) is 0 Å². The number of carbonyl (C=O) groups excluding carboxylic acids is 1. The molecular weight excluding hydrogens is 475 g/mol. The number of hydrogen-bond donors (Lipinski definition) is 2. The Labute approximate surface area is 193 Å². The van der Waals surface area contributed by atoms with Gasteiger partial charge < -0.3 is 15.1 Å². The zero-order valence-electron chi connectivity index (χ0n) is 16.9. The lowest BCUT2D eigenvalue weighted by Gasteiger charge is -2.19. The summed E-state index contributed by atoms with van der Waals surface area (Å²) in [5.41, 5.74) is -1.66. The molecule has 0 saturated carbocycles. The molecule has 5 rings (SSSR count). The molecule has 172 valence electrons. The van der Waals surface area contributed by atoms with Gasteiger partial charge in [0.15, 0.2) is 5.69 Å². The minimum atomic E-state index is -4.88. The molecule has 1 aromatic carbocycles. The number of pyridine rings is 1. The van der Waals surface area contributed by atoms with Crippen LogP contribution in [0.3, 0.4) is 0 Å². The first kappa shape index (κ1) is 21.6. The summed E-state index contributed by atoms with van der Waals surface area (Å²) in [6.07, 6.45) is 2.65. The van der Waals surface area contributed by atoms with Crippen LogP contribution >= 0.6 is 11.6 Å². The molecule has 34 heavy (non-hydrogen) atoms. The van der Waals surface area contributed by atoms with Crippen LogP contribution in [0.2, 0.25) is 0 Å². The Morgan fingerprint density at radius 3 is 2.76 bits per heavy atom. The summed E-state index contributed by atoms with van der Waals surface area (Å²) >= 11 is 6.22. The van der Waals surface area contributed by atoms with Gasteiger partial charge in [0.25, 0.3) is 5.91 Å². The normalized spacial score (nSPS) is 16.1. The Morgan fingerprint density at radius 2 is 2.03 bits per heavy atom. The number of alkyl halides is 3. The molecular formula is C21H13ClF3N7O2. The van der Waals surface area contributed by atoms with Crippen molar-refractivity contribution in [3.63, 3.8) is 0 Å². The molecule has 0 aliphatic carbocycles. The van der Waals surface area contributed by atoms with E-state index in [-0.39, 0.29) is 22.3 Å². The smallest absolute Gasteiger partial charge is 0.425 e. The number of hydrogen-bond acceptors (Lipinski definition) is 7. The summed E-state index contributed by atoms with van der Waals surface area (Å²) in [7, 11) is 0. The van der Waals surface area contributed by atoms with Gasteiger partial charge in [0, 0.05) is 23.2 Å². The van der Waals surface area contributed by atoms with Crippen LogP contribution in [-0.4, -0.2) is 30.9 Å². The van der Waals surface area contributed by atoms with Crippen molar-refractivity contribution in [3.05, 3.63) is 89.4 Å². The zero-order valence-corrected chi connectivity index (χ0v) is 17.7. The van der Waals surface area contributed by atoms with E-state index in [0.717, 1.165) is 12.6 Å². The van der Waals surface area contributed by atoms with Crippen molar-refractivity contribution in [2.24, 2.45) is 0 Å². The van der Waals surface area contributed by atoms with E-state index in [0.29, 0.717) is 15.5 Å². The van der Waals surface area contributed by atoms with Gasteiger partial charge in [-0.15, -0.1) is 10.2 Å². The number of aromatic nitrogens is 5. The Hall–Kier alpha value is -4.19. The van der Waals surface area contributed by atoms with E-state index in [1.165, 1.54) is 24.7 Å². The Morgan fingerprint density at radius 1 is 1.21 bits per heavy atom. The SMILES string of the molecule is O=C(NC1=CNC(c2nnco2)C(Cl)=C1)c1cnn(-c2cncc3ccccc23)c1C(F)(F)F. The van der Waals surface area contributed by atoms with Gasteiger partial charge in [-0.3, -0.25) is 9.78 Å². The third-order valence-electron chi connectivity index (χ3n) is 5.01. The largest absolute Gasteiger partial charge is 0.434 e. The molecule has 0 saturated heterocycles. The van der Waals surface area contributed by atoms with Gasteiger partial charge in [-0.25, -0.2) is 4.68 Å². The molecule has 13 heteroatoms. The summed E-state index contributed by atoms with van der Waals surface area (Å²) in [6, 6.07) is 6.16. The predicted octanol–water partition coefficient (Wildman–Crippen LogP) is 3.86. The molecule has 0 radical (unpaired) electrons. The summed E-state index contributed by atoms with van der Waals surface area (Å²) in [5.74, 6) is -0.830. The van der Waals surface area contributed by atoms with Crippen LogP contribution in [0.15, 0.2) is 76.7 Å². The summed E-state index contributed by atoms with van der Waals surface area (Å²) in [4.78, 5) is 16.9. The molecule has 1 aliphatic rings. The van der Waals surface area contributed by atoms with E-state index < -0.39 is 29.4 Å². The fourth-order valence-corrected chi connectivity index (χ4v) is 3.81. The van der Waals surface area contributed by atoms with E-state index in [4.69, 9.17) is 16.0 Å². The second-order valence-electron chi connectivity index (χ2n) is 7.16. The first-order chi connectivity index (χ1) is 16.3. The Kier molecular flexibility index (Phi) is 5.28. The lowest BCUT2D eigenvalue weighted by molar-refractivity contribution is -0.143. The quantitative estimate of drug-likeness (QED) is 0.449. The molecule has 3 aromatic heterocycles. The van der Waals surface area contributed by atoms with Crippen molar-refractivity contribution >= 4 is 28.3 Å². The van der Waals surface area contributed by atoms with E-state index in [9.17, 15) is 18.0 Å². The topological polar surface area (TPSA) is 111 Å². The minimum Gasteiger partial charge on any atom is -0.425 e. The highest BCUT2D eigenvalue weighted by Crippen LogP contribution is 2.35. The lowest BCUT2D eigenvalue weighted by Crippen LogP contribution is -2.29. The number of allylic oxidation sites excluding steroid dienone is 1. The van der Waals surface area contributed by atoms with E-state index in [1.54, 1.807) is 24.3 Å². The molecule has 0 spiro atoms. The highest BCUT2D eigenvalue weighted by molar-refractivity contribution is 6.30. The maximum Gasteiger partial charge on any atom is 0.434 e. The van der Waals surface area contributed by atoms with Gasteiger partial charge in [-0.05, 0) is 6.08 Å². The number of nitrogens with one attached hydrogen (secondary N) is 2. The van der Waals surface area contributed by atoms with Crippen LogP contribution in [0.4, 0.5) is 13.2 Å². The molecule has 2 N–H and O–H groups in total. The zero-order chi connectivity index (χ0) is 23.9. The van der Waals surface area contributed by atoms with E-state index in [2.05, 4.69) is 30.9 Å². The molecule has 1 aliphatic heterocycles. The maximum atomic E-state index is 14.1. The number of carbonyl (C=O) groups is 1. The average Bonchev–Trinajstić information content (AvgIpc) is 3.49. The summed E-state index contributed by atoms with van der Waals surface area (Å²) in [5, 5.41) is 17.8. The van der Waals surface area contributed by atoms with Gasteiger partial charge in [-0.2, -0.15) is 18.3 Å². The van der Waals surface area contributed by atoms with Crippen LogP contribution in [0, 0.1) is 0 Å². The fraction of sp³-hybridized carbons (Fsp3) is 0.0952. The van der Waals surface area contributed by atoms with Gasteiger partial charge in [0.2, 0.25) is 12.3 Å². The first-order valence-corrected chi connectivity index (χ1v) is 10.1. The molecule has 9 nitrogen and oxygen atoms in total. The number of rotatable bonds is 4. The van der Waals surface area contributed by atoms with Gasteiger partial charge >= 0.3 is 6.18 Å². The van der Waals surface area contributed by atoms with Crippen LogP contribution in [-0.2, 0) is 6.18 Å². The van der Waals surface area contributed by atoms with Crippen LogP contribution in [0.1, 0.15) is 28.0 Å². The Bertz CT molecular complexity index is 1440. The van der Waals surface area contributed by atoms with Crippen LogP contribution in [0.5, 0.6) is 0 Å². The number of benzene rings is 1. The van der Waals surface area contributed by atoms with Crippen molar-refractivity contribution in [2.45, 2.75) is 12.2 Å². The highest BCUT2D eigenvalue weighted by atomic mass is 35.5. The third-order valence-corrected chi connectivity index (χ3v) is 5.34. The van der Waals surface area contributed by atoms with Crippen molar-refractivity contribution in [3.8, 4) is 5.69 Å². The summed E-state index contributed by atoms with van der Waals surface area (Å²) < 4.78 is 48.0. The molecule has 0 fully saturated rings. The maximum absolute atomic E-state index is 14.1. The van der Waals surface area contributed by atoms with Crippen LogP contribution < -0.4 is 10.6 Å². The van der Waals surface area contributed by atoms with Crippen LogP contribution in [0.25, 0.3) is 16.5 Å². The number of nitrogens with zero attached hydrogens (tertiary/aromatic N) is 5.